The Kier molecular flexibility index (Phi) is 3.29. The van der Waals surface area contributed by atoms with E-state index in [9.17, 15) is 24.2 Å². The van der Waals surface area contributed by atoms with E-state index in [1.54, 1.807) is 0 Å². The molecule has 1 aromatic heterocycles. The maximum Gasteiger partial charge on any atom is 0.256 e. The summed E-state index contributed by atoms with van der Waals surface area (Å²) in [5.41, 5.74) is -0.203. The summed E-state index contributed by atoms with van der Waals surface area (Å²) in [6, 6.07) is 4.00. The quantitative estimate of drug-likeness (QED) is 0.828. The number of amides is 2. The molecule has 0 bridgehead atoms. The predicted octanol–water partition coefficient (Wildman–Crippen LogP) is 2.80. The van der Waals surface area contributed by atoms with Gasteiger partial charge in [-0.25, -0.2) is 9.29 Å². The largest absolute Gasteiger partial charge is 0.502 e. The molecule has 114 valence electrons. The highest BCUT2D eigenvalue weighted by atomic mass is 35.5. The van der Waals surface area contributed by atoms with Gasteiger partial charge in [0.05, 0.1) is 10.6 Å². The van der Waals surface area contributed by atoms with Gasteiger partial charge >= 0.3 is 0 Å². The standard InChI is InChI=1S/C14H9ClFNO5/c15-7-3-1-2-6(10(7)16)13-11(20)12(21)14(22-13)17-8(18)4-5-9(17)19/h1-3,20-21H,4-5H2. The second kappa shape index (κ2) is 5.03. The van der Waals surface area contributed by atoms with Crippen LogP contribution in [0.25, 0.3) is 11.3 Å². The summed E-state index contributed by atoms with van der Waals surface area (Å²) in [6.07, 6.45) is -0.0544. The molecule has 0 saturated carbocycles. The molecular weight excluding hydrogens is 317 g/mol. The number of anilines is 1. The number of aromatic hydroxyl groups is 2. The second-order valence-electron chi connectivity index (χ2n) is 4.66. The van der Waals surface area contributed by atoms with E-state index in [1.807, 2.05) is 0 Å². The molecule has 1 aromatic carbocycles. The zero-order chi connectivity index (χ0) is 16.0. The van der Waals surface area contributed by atoms with Crippen LogP contribution < -0.4 is 4.90 Å². The zero-order valence-electron chi connectivity index (χ0n) is 11.0. The van der Waals surface area contributed by atoms with Crippen molar-refractivity contribution in [2.75, 3.05) is 4.90 Å². The maximum absolute atomic E-state index is 14.0. The molecule has 1 fully saturated rings. The van der Waals surface area contributed by atoms with Gasteiger partial charge in [0.1, 0.15) is 0 Å². The van der Waals surface area contributed by atoms with Gasteiger partial charge in [0.15, 0.2) is 11.6 Å². The molecule has 22 heavy (non-hydrogen) atoms. The van der Waals surface area contributed by atoms with Crippen LogP contribution >= 0.6 is 11.6 Å². The monoisotopic (exact) mass is 325 g/mol. The maximum atomic E-state index is 14.0. The third-order valence-corrected chi connectivity index (χ3v) is 3.58. The Hall–Kier alpha value is -2.54. The minimum absolute atomic E-state index is 0.0272. The van der Waals surface area contributed by atoms with Crippen LogP contribution in [-0.2, 0) is 9.59 Å². The van der Waals surface area contributed by atoms with Gasteiger partial charge in [-0.2, -0.15) is 0 Å². The molecule has 6 nitrogen and oxygen atoms in total. The van der Waals surface area contributed by atoms with Crippen molar-refractivity contribution in [1.29, 1.82) is 0 Å². The lowest BCUT2D eigenvalue weighted by atomic mass is 10.1. The van der Waals surface area contributed by atoms with Crippen LogP contribution in [0.15, 0.2) is 22.6 Å². The Morgan fingerprint density at radius 2 is 1.77 bits per heavy atom. The minimum atomic E-state index is -0.862. The number of carbonyl (C=O) groups is 2. The highest BCUT2D eigenvalue weighted by molar-refractivity contribution is 6.31. The zero-order valence-corrected chi connectivity index (χ0v) is 11.7. The lowest BCUT2D eigenvalue weighted by Gasteiger charge is -2.09. The fourth-order valence-electron chi connectivity index (χ4n) is 2.22. The Balaban J connectivity index is 2.16. The van der Waals surface area contributed by atoms with Crippen LogP contribution in [0.1, 0.15) is 12.8 Å². The van der Waals surface area contributed by atoms with Crippen LogP contribution in [0, 0.1) is 5.82 Å². The highest BCUT2D eigenvalue weighted by Crippen LogP contribution is 2.48. The average molecular weight is 326 g/mol. The molecule has 0 aliphatic carbocycles. The third-order valence-electron chi connectivity index (χ3n) is 3.29. The first kappa shape index (κ1) is 14.4. The van der Waals surface area contributed by atoms with Crippen molar-refractivity contribution in [3.8, 4) is 22.8 Å². The molecule has 2 heterocycles. The normalized spacial score (nSPS) is 14.9. The van der Waals surface area contributed by atoms with Crippen LogP contribution in [0.4, 0.5) is 10.3 Å². The predicted molar refractivity (Wildman–Crippen MR) is 74.2 cm³/mol. The summed E-state index contributed by atoms with van der Waals surface area (Å²) >= 11 is 5.66. The molecule has 1 saturated heterocycles. The summed E-state index contributed by atoms with van der Waals surface area (Å²) < 4.78 is 19.2. The number of nitrogens with zero attached hydrogens (tertiary/aromatic N) is 1. The van der Waals surface area contributed by atoms with E-state index in [0.29, 0.717) is 4.90 Å². The molecule has 2 N–H and O–H groups in total. The van der Waals surface area contributed by atoms with Gasteiger partial charge in [-0.3, -0.25) is 9.59 Å². The fourth-order valence-corrected chi connectivity index (χ4v) is 2.39. The van der Waals surface area contributed by atoms with Crippen molar-refractivity contribution in [3.05, 3.63) is 29.0 Å². The number of rotatable bonds is 2. The molecule has 8 heteroatoms. The van der Waals surface area contributed by atoms with Gasteiger partial charge in [-0.1, -0.05) is 17.7 Å². The number of carbonyl (C=O) groups excluding carboxylic acids is 2. The van der Waals surface area contributed by atoms with Crippen LogP contribution in [0.2, 0.25) is 5.02 Å². The number of hydrogen-bond acceptors (Lipinski definition) is 5. The summed E-state index contributed by atoms with van der Waals surface area (Å²) in [5, 5.41) is 19.6. The van der Waals surface area contributed by atoms with Crippen molar-refractivity contribution >= 4 is 29.3 Å². The van der Waals surface area contributed by atoms with Crippen molar-refractivity contribution in [2.45, 2.75) is 12.8 Å². The van der Waals surface area contributed by atoms with E-state index in [4.69, 9.17) is 16.0 Å². The van der Waals surface area contributed by atoms with Gasteiger partial charge in [-0.15, -0.1) is 0 Å². The minimum Gasteiger partial charge on any atom is -0.502 e. The SMILES string of the molecule is O=C1CCC(=O)N1c1oc(-c2cccc(Cl)c2F)c(O)c1O. The van der Waals surface area contributed by atoms with Crippen molar-refractivity contribution in [1.82, 2.24) is 0 Å². The fraction of sp³-hybridized carbons (Fsp3) is 0.143. The number of benzene rings is 1. The summed E-state index contributed by atoms with van der Waals surface area (Å²) in [4.78, 5) is 24.0. The Bertz CT molecular complexity index is 785. The summed E-state index contributed by atoms with van der Waals surface area (Å²) in [6.45, 7) is 0. The third kappa shape index (κ3) is 2.01. The van der Waals surface area contributed by atoms with Crippen molar-refractivity contribution in [2.24, 2.45) is 0 Å². The first-order valence-corrected chi connectivity index (χ1v) is 6.64. The van der Waals surface area contributed by atoms with E-state index in [-0.39, 0.29) is 23.4 Å². The second-order valence-corrected chi connectivity index (χ2v) is 5.07. The van der Waals surface area contributed by atoms with Crippen molar-refractivity contribution in [3.63, 3.8) is 0 Å². The summed E-state index contributed by atoms with van der Waals surface area (Å²) in [7, 11) is 0. The number of halogens is 2. The van der Waals surface area contributed by atoms with Gasteiger partial charge in [0.25, 0.3) is 5.88 Å². The molecule has 2 amide bonds. The lowest BCUT2D eigenvalue weighted by Crippen LogP contribution is -2.28. The lowest BCUT2D eigenvalue weighted by molar-refractivity contribution is -0.121. The molecule has 3 rings (SSSR count). The number of furan rings is 1. The van der Waals surface area contributed by atoms with Crippen LogP contribution in [-0.4, -0.2) is 22.0 Å². The van der Waals surface area contributed by atoms with Gasteiger partial charge in [-0.05, 0) is 12.1 Å². The Morgan fingerprint density at radius 3 is 2.41 bits per heavy atom. The van der Waals surface area contributed by atoms with E-state index in [2.05, 4.69) is 0 Å². The van der Waals surface area contributed by atoms with E-state index >= 15 is 0 Å². The van der Waals surface area contributed by atoms with E-state index in [0.717, 1.165) is 0 Å². The molecular formula is C14H9ClFNO5. The first-order chi connectivity index (χ1) is 10.4. The Morgan fingerprint density at radius 1 is 1.14 bits per heavy atom. The molecule has 2 aromatic rings. The first-order valence-electron chi connectivity index (χ1n) is 6.26. The van der Waals surface area contributed by atoms with Gasteiger partial charge < -0.3 is 14.6 Å². The molecule has 1 aliphatic heterocycles. The number of imide groups is 1. The number of hydrogen-bond donors (Lipinski definition) is 2. The average Bonchev–Trinajstić information content (AvgIpc) is 2.95. The highest BCUT2D eigenvalue weighted by Gasteiger charge is 2.37. The molecule has 0 spiro atoms. The Labute approximate surface area is 128 Å². The molecule has 0 radical (unpaired) electrons. The van der Waals surface area contributed by atoms with Crippen molar-refractivity contribution < 1.29 is 28.6 Å². The smallest absolute Gasteiger partial charge is 0.256 e. The van der Waals surface area contributed by atoms with Crippen LogP contribution in [0.3, 0.4) is 0 Å². The molecule has 1 aliphatic rings. The van der Waals surface area contributed by atoms with Crippen LogP contribution in [0.5, 0.6) is 11.5 Å². The topological polar surface area (TPSA) is 91.0 Å². The van der Waals surface area contributed by atoms with E-state index in [1.165, 1.54) is 18.2 Å². The molecule has 0 unspecified atom stereocenters. The van der Waals surface area contributed by atoms with Gasteiger partial charge in [0.2, 0.25) is 23.3 Å². The summed E-state index contributed by atoms with van der Waals surface area (Å²) in [5.74, 6) is -4.54. The molecule has 0 atom stereocenters. The van der Waals surface area contributed by atoms with Gasteiger partial charge in [0, 0.05) is 12.8 Å². The van der Waals surface area contributed by atoms with E-state index < -0.39 is 40.8 Å².